The van der Waals surface area contributed by atoms with Gasteiger partial charge in [-0.2, -0.15) is 0 Å². The maximum absolute atomic E-state index is 5.58. The molecule has 0 aliphatic carbocycles. The zero-order chi connectivity index (χ0) is 11.2. The fourth-order valence-corrected chi connectivity index (χ4v) is 1.57. The van der Waals surface area contributed by atoms with Gasteiger partial charge in [0.1, 0.15) is 23.9 Å². The van der Waals surface area contributed by atoms with Crippen LogP contribution in [0.4, 0.5) is 0 Å². The molecule has 3 nitrogen and oxygen atoms in total. The van der Waals surface area contributed by atoms with Crippen LogP contribution in [0.25, 0.3) is 10.9 Å². The number of fused-ring (bicyclic) bond motifs is 1. The average Bonchev–Trinajstić information content (AvgIpc) is 2.35. The van der Waals surface area contributed by atoms with Gasteiger partial charge in [-0.1, -0.05) is 29.8 Å². The topological polar surface area (TPSA) is 31.4 Å². The van der Waals surface area contributed by atoms with E-state index in [9.17, 15) is 0 Å². The van der Waals surface area contributed by atoms with Gasteiger partial charge in [-0.05, 0) is 12.1 Å². The van der Waals surface area contributed by atoms with E-state index in [2.05, 4.69) is 4.98 Å². The maximum atomic E-state index is 5.58. The van der Waals surface area contributed by atoms with Gasteiger partial charge < -0.3 is 9.47 Å². The Labute approximate surface area is 99.0 Å². The second-order valence-corrected chi connectivity index (χ2v) is 3.42. The average molecular weight is 238 g/mol. The van der Waals surface area contributed by atoms with Gasteiger partial charge >= 0.3 is 0 Å². The van der Waals surface area contributed by atoms with Crippen LogP contribution >= 0.6 is 11.6 Å². The Morgan fingerprint density at radius 2 is 2.00 bits per heavy atom. The molecule has 0 fully saturated rings. The summed E-state index contributed by atoms with van der Waals surface area (Å²) in [4.78, 5) is 4.29. The summed E-state index contributed by atoms with van der Waals surface area (Å²) < 4.78 is 10.6. The van der Waals surface area contributed by atoms with Crippen LogP contribution < -0.4 is 4.74 Å². The molecular weight excluding hydrogens is 226 g/mol. The molecule has 0 aliphatic rings. The van der Waals surface area contributed by atoms with Gasteiger partial charge in [0.2, 0.25) is 0 Å². The van der Waals surface area contributed by atoms with Gasteiger partial charge in [0, 0.05) is 11.6 Å². The molecule has 0 radical (unpaired) electrons. The van der Waals surface area contributed by atoms with Crippen LogP contribution in [0.2, 0.25) is 0 Å². The Morgan fingerprint density at radius 1 is 1.12 bits per heavy atom. The summed E-state index contributed by atoms with van der Waals surface area (Å²) >= 11 is 5.39. The van der Waals surface area contributed by atoms with Gasteiger partial charge in [0.25, 0.3) is 0 Å². The third-order valence-electron chi connectivity index (χ3n) is 2.16. The van der Waals surface area contributed by atoms with Gasteiger partial charge in [-0.3, -0.25) is 4.98 Å². The van der Waals surface area contributed by atoms with Crippen LogP contribution in [0.1, 0.15) is 0 Å². The first kappa shape index (κ1) is 11.2. The molecule has 84 valence electrons. The number of alkyl halides is 1. The standard InChI is InChI=1S/C12H12ClNO2/c13-9-15-7-8-16-11-5-1-3-10-4-2-6-14-12(10)11/h1-6H,7-9H2. The number of pyridine rings is 1. The van der Waals surface area contributed by atoms with E-state index >= 15 is 0 Å². The Morgan fingerprint density at radius 3 is 2.88 bits per heavy atom. The van der Waals surface area contributed by atoms with Crippen LogP contribution in [0, 0.1) is 0 Å². The highest BCUT2D eigenvalue weighted by Crippen LogP contribution is 2.22. The van der Waals surface area contributed by atoms with Gasteiger partial charge in [0.05, 0.1) is 6.61 Å². The molecule has 0 saturated carbocycles. The minimum atomic E-state index is 0.192. The molecule has 1 heterocycles. The van der Waals surface area contributed by atoms with Crippen molar-refractivity contribution >= 4 is 22.5 Å². The van der Waals surface area contributed by atoms with Crippen molar-refractivity contribution in [1.29, 1.82) is 0 Å². The van der Waals surface area contributed by atoms with Crippen LogP contribution in [0.3, 0.4) is 0 Å². The first-order valence-corrected chi connectivity index (χ1v) is 5.55. The molecule has 1 aromatic carbocycles. The summed E-state index contributed by atoms with van der Waals surface area (Å²) in [5.41, 5.74) is 0.871. The number of rotatable bonds is 5. The number of aromatic nitrogens is 1. The monoisotopic (exact) mass is 237 g/mol. The first-order chi connectivity index (χ1) is 7.92. The van der Waals surface area contributed by atoms with Crippen LogP contribution in [-0.4, -0.2) is 24.3 Å². The SMILES string of the molecule is ClCOCCOc1cccc2cccnc12. The summed E-state index contributed by atoms with van der Waals surface area (Å²) in [5, 5.41) is 1.07. The van der Waals surface area contributed by atoms with Crippen molar-refractivity contribution < 1.29 is 9.47 Å². The lowest BCUT2D eigenvalue weighted by Crippen LogP contribution is -2.06. The number of benzene rings is 1. The van der Waals surface area contributed by atoms with Crippen molar-refractivity contribution in [2.75, 3.05) is 19.3 Å². The number of ether oxygens (including phenoxy) is 2. The Kier molecular flexibility index (Phi) is 3.97. The molecule has 16 heavy (non-hydrogen) atoms. The molecule has 0 bridgehead atoms. The number of halogens is 1. The second kappa shape index (κ2) is 5.68. The number of para-hydroxylation sites is 1. The van der Waals surface area contributed by atoms with E-state index in [1.807, 2.05) is 30.3 Å². The van der Waals surface area contributed by atoms with Crippen LogP contribution in [-0.2, 0) is 4.74 Å². The van der Waals surface area contributed by atoms with E-state index in [4.69, 9.17) is 21.1 Å². The molecule has 0 saturated heterocycles. The Bertz CT molecular complexity index is 456. The van der Waals surface area contributed by atoms with E-state index in [0.29, 0.717) is 13.2 Å². The lowest BCUT2D eigenvalue weighted by Gasteiger charge is -2.07. The van der Waals surface area contributed by atoms with E-state index in [0.717, 1.165) is 16.7 Å². The quantitative estimate of drug-likeness (QED) is 0.592. The molecule has 0 unspecified atom stereocenters. The van der Waals surface area contributed by atoms with Crippen molar-refractivity contribution in [3.05, 3.63) is 36.5 Å². The molecule has 2 aromatic rings. The normalized spacial score (nSPS) is 10.6. The number of hydrogen-bond acceptors (Lipinski definition) is 3. The lowest BCUT2D eigenvalue weighted by atomic mass is 10.2. The predicted molar refractivity (Wildman–Crippen MR) is 63.9 cm³/mol. The van der Waals surface area contributed by atoms with Crippen LogP contribution in [0.5, 0.6) is 5.75 Å². The van der Waals surface area contributed by atoms with E-state index in [1.54, 1.807) is 6.20 Å². The summed E-state index contributed by atoms with van der Waals surface area (Å²) in [6, 6.07) is 9.95. The smallest absolute Gasteiger partial charge is 0.145 e. The molecule has 0 N–H and O–H groups in total. The first-order valence-electron chi connectivity index (χ1n) is 5.02. The van der Waals surface area contributed by atoms with Gasteiger partial charge in [0.15, 0.2) is 0 Å². The molecule has 0 amide bonds. The van der Waals surface area contributed by atoms with Gasteiger partial charge in [-0.15, -0.1) is 0 Å². The molecule has 2 rings (SSSR count). The number of hydrogen-bond donors (Lipinski definition) is 0. The molecule has 1 aromatic heterocycles. The minimum absolute atomic E-state index is 0.192. The van der Waals surface area contributed by atoms with Crippen molar-refractivity contribution in [1.82, 2.24) is 4.98 Å². The minimum Gasteiger partial charge on any atom is -0.489 e. The van der Waals surface area contributed by atoms with Gasteiger partial charge in [-0.25, -0.2) is 0 Å². The predicted octanol–water partition coefficient (Wildman–Crippen LogP) is 2.83. The van der Waals surface area contributed by atoms with Crippen molar-refractivity contribution in [2.24, 2.45) is 0 Å². The zero-order valence-corrected chi connectivity index (χ0v) is 9.48. The second-order valence-electron chi connectivity index (χ2n) is 3.20. The van der Waals surface area contributed by atoms with E-state index in [-0.39, 0.29) is 6.07 Å². The highest BCUT2D eigenvalue weighted by atomic mass is 35.5. The third kappa shape index (κ3) is 2.62. The highest BCUT2D eigenvalue weighted by molar-refractivity contribution is 6.17. The summed E-state index contributed by atoms with van der Waals surface area (Å²) in [5.74, 6) is 0.774. The molecule has 0 atom stereocenters. The largest absolute Gasteiger partial charge is 0.489 e. The van der Waals surface area contributed by atoms with E-state index < -0.39 is 0 Å². The molecule has 4 heteroatoms. The molecular formula is C12H12ClNO2. The van der Waals surface area contributed by atoms with Crippen molar-refractivity contribution in [3.63, 3.8) is 0 Å². The fraction of sp³-hybridized carbons (Fsp3) is 0.250. The summed E-state index contributed by atoms with van der Waals surface area (Å²) in [7, 11) is 0. The number of nitrogens with zero attached hydrogens (tertiary/aromatic N) is 1. The Balaban J connectivity index is 2.11. The maximum Gasteiger partial charge on any atom is 0.145 e. The van der Waals surface area contributed by atoms with Crippen LogP contribution in [0.15, 0.2) is 36.5 Å². The van der Waals surface area contributed by atoms with E-state index in [1.165, 1.54) is 0 Å². The molecule has 0 spiro atoms. The molecule has 0 aliphatic heterocycles. The Hall–Kier alpha value is -1.32. The highest BCUT2D eigenvalue weighted by Gasteiger charge is 2.01. The summed E-state index contributed by atoms with van der Waals surface area (Å²) in [6.07, 6.45) is 1.75. The zero-order valence-electron chi connectivity index (χ0n) is 8.73. The fourth-order valence-electron chi connectivity index (χ4n) is 1.46. The lowest BCUT2D eigenvalue weighted by molar-refractivity contribution is 0.133. The third-order valence-corrected chi connectivity index (χ3v) is 2.31. The summed E-state index contributed by atoms with van der Waals surface area (Å²) in [6.45, 7) is 0.954. The van der Waals surface area contributed by atoms with Crippen molar-refractivity contribution in [2.45, 2.75) is 0 Å². The van der Waals surface area contributed by atoms with Crippen molar-refractivity contribution in [3.8, 4) is 5.75 Å².